The lowest BCUT2D eigenvalue weighted by molar-refractivity contribution is 0.429. The summed E-state index contributed by atoms with van der Waals surface area (Å²) in [5.41, 5.74) is 1.14. The molecule has 1 heterocycles. The van der Waals surface area contributed by atoms with E-state index in [2.05, 4.69) is 29.0 Å². The molecule has 0 aliphatic rings. The maximum absolute atomic E-state index is 5.24. The Bertz CT molecular complexity index is 311. The Morgan fingerprint density at radius 1 is 1.53 bits per heavy atom. The van der Waals surface area contributed by atoms with Gasteiger partial charge in [-0.2, -0.15) is 0 Å². The normalized spacial score (nSPS) is 10.5. The first kappa shape index (κ1) is 12.3. The molecule has 4 nitrogen and oxygen atoms in total. The van der Waals surface area contributed by atoms with E-state index >= 15 is 0 Å². The minimum absolute atomic E-state index is 0.604. The Balaban J connectivity index is 2.16. The van der Waals surface area contributed by atoms with Crippen molar-refractivity contribution in [2.45, 2.75) is 25.5 Å². The molecule has 0 bridgehead atoms. The van der Waals surface area contributed by atoms with Gasteiger partial charge in [-0.05, 0) is 13.0 Å². The van der Waals surface area contributed by atoms with Crippen LogP contribution in [0.25, 0.3) is 0 Å². The SMILES string of the molecule is C=C(CNCCC)CSc1nnc(C)o1. The third-order valence-electron chi connectivity index (χ3n) is 1.71. The molecule has 1 aromatic rings. The van der Waals surface area contributed by atoms with Gasteiger partial charge in [0.15, 0.2) is 0 Å². The first-order valence-corrected chi connectivity index (χ1v) is 6.01. The molecular weight excluding hydrogens is 210 g/mol. The Morgan fingerprint density at radius 2 is 2.33 bits per heavy atom. The largest absolute Gasteiger partial charge is 0.416 e. The van der Waals surface area contributed by atoms with E-state index in [1.165, 1.54) is 11.8 Å². The Morgan fingerprint density at radius 3 is 2.93 bits per heavy atom. The molecule has 0 aliphatic carbocycles. The monoisotopic (exact) mass is 227 g/mol. The first-order valence-electron chi connectivity index (χ1n) is 5.02. The average Bonchev–Trinajstić information content (AvgIpc) is 2.62. The molecule has 0 fully saturated rings. The van der Waals surface area contributed by atoms with Crippen molar-refractivity contribution in [2.75, 3.05) is 18.8 Å². The van der Waals surface area contributed by atoms with Gasteiger partial charge in [-0.3, -0.25) is 0 Å². The molecule has 0 radical (unpaired) electrons. The van der Waals surface area contributed by atoms with Crippen molar-refractivity contribution in [1.82, 2.24) is 15.5 Å². The average molecular weight is 227 g/mol. The zero-order valence-corrected chi connectivity index (χ0v) is 10.1. The van der Waals surface area contributed by atoms with E-state index in [0.29, 0.717) is 11.1 Å². The molecule has 0 aromatic carbocycles. The highest BCUT2D eigenvalue weighted by Gasteiger charge is 2.03. The van der Waals surface area contributed by atoms with Gasteiger partial charge in [0, 0.05) is 19.2 Å². The van der Waals surface area contributed by atoms with Gasteiger partial charge in [0.2, 0.25) is 5.89 Å². The summed E-state index contributed by atoms with van der Waals surface area (Å²) in [5.74, 6) is 1.42. The minimum atomic E-state index is 0.604. The minimum Gasteiger partial charge on any atom is -0.416 e. The number of hydrogen-bond donors (Lipinski definition) is 1. The zero-order chi connectivity index (χ0) is 11.1. The highest BCUT2D eigenvalue weighted by atomic mass is 32.2. The van der Waals surface area contributed by atoms with Crippen LogP contribution in [0, 0.1) is 6.92 Å². The molecule has 1 N–H and O–H groups in total. The molecule has 84 valence electrons. The molecule has 0 unspecified atom stereocenters. The fraction of sp³-hybridized carbons (Fsp3) is 0.600. The quantitative estimate of drug-likeness (QED) is 0.439. The van der Waals surface area contributed by atoms with Crippen LogP contribution in [0.3, 0.4) is 0 Å². The lowest BCUT2D eigenvalue weighted by atomic mass is 10.3. The topological polar surface area (TPSA) is 51.0 Å². The van der Waals surface area contributed by atoms with Gasteiger partial charge in [0.1, 0.15) is 0 Å². The Kier molecular flexibility index (Phi) is 5.42. The summed E-state index contributed by atoms with van der Waals surface area (Å²) < 4.78 is 5.24. The third-order valence-corrected chi connectivity index (χ3v) is 2.67. The van der Waals surface area contributed by atoms with Gasteiger partial charge in [-0.25, -0.2) is 0 Å². The number of aromatic nitrogens is 2. The van der Waals surface area contributed by atoms with Crippen molar-refractivity contribution >= 4 is 11.8 Å². The molecule has 0 saturated carbocycles. The van der Waals surface area contributed by atoms with Gasteiger partial charge >= 0.3 is 0 Å². The van der Waals surface area contributed by atoms with Crippen molar-refractivity contribution in [3.05, 3.63) is 18.0 Å². The molecule has 0 amide bonds. The highest BCUT2D eigenvalue weighted by molar-refractivity contribution is 7.99. The molecule has 5 heteroatoms. The molecule has 0 atom stereocenters. The van der Waals surface area contributed by atoms with E-state index in [9.17, 15) is 0 Å². The van der Waals surface area contributed by atoms with Gasteiger partial charge < -0.3 is 9.73 Å². The summed E-state index contributed by atoms with van der Waals surface area (Å²) in [4.78, 5) is 0. The lowest BCUT2D eigenvalue weighted by Crippen LogP contribution is -2.18. The number of nitrogens with one attached hydrogen (secondary N) is 1. The second-order valence-electron chi connectivity index (χ2n) is 3.30. The number of hydrogen-bond acceptors (Lipinski definition) is 5. The summed E-state index contributed by atoms with van der Waals surface area (Å²) in [7, 11) is 0. The maximum atomic E-state index is 5.24. The van der Waals surface area contributed by atoms with Gasteiger partial charge in [-0.1, -0.05) is 30.8 Å². The van der Waals surface area contributed by atoms with E-state index in [0.717, 1.165) is 30.8 Å². The molecule has 0 saturated heterocycles. The second kappa shape index (κ2) is 6.63. The number of rotatable bonds is 7. The van der Waals surface area contributed by atoms with Crippen LogP contribution >= 0.6 is 11.8 Å². The zero-order valence-electron chi connectivity index (χ0n) is 9.25. The summed E-state index contributed by atoms with van der Waals surface area (Å²) in [6, 6.07) is 0. The molecule has 1 aromatic heterocycles. The number of nitrogens with zero attached hydrogens (tertiary/aromatic N) is 2. The van der Waals surface area contributed by atoms with Gasteiger partial charge in [0.05, 0.1) is 0 Å². The van der Waals surface area contributed by atoms with Crippen LogP contribution in [0.15, 0.2) is 21.8 Å². The smallest absolute Gasteiger partial charge is 0.276 e. The summed E-state index contributed by atoms with van der Waals surface area (Å²) in [6.45, 7) is 9.79. The highest BCUT2D eigenvalue weighted by Crippen LogP contribution is 2.17. The van der Waals surface area contributed by atoms with Crippen LogP contribution in [-0.2, 0) is 0 Å². The van der Waals surface area contributed by atoms with Crippen LogP contribution in [0.4, 0.5) is 0 Å². The van der Waals surface area contributed by atoms with Crippen LogP contribution in [-0.4, -0.2) is 29.0 Å². The van der Waals surface area contributed by atoms with E-state index in [-0.39, 0.29) is 0 Å². The van der Waals surface area contributed by atoms with Crippen molar-refractivity contribution in [3.8, 4) is 0 Å². The lowest BCUT2D eigenvalue weighted by Gasteiger charge is -2.04. The second-order valence-corrected chi connectivity index (χ2v) is 4.23. The summed E-state index contributed by atoms with van der Waals surface area (Å²) >= 11 is 1.53. The predicted octanol–water partition coefficient (Wildman–Crippen LogP) is 2.03. The standard InChI is InChI=1S/C10H17N3OS/c1-4-5-11-6-8(2)7-15-10-13-12-9(3)14-10/h11H,2,4-7H2,1,3H3. The van der Waals surface area contributed by atoms with E-state index in [1.54, 1.807) is 6.92 Å². The number of thioether (sulfide) groups is 1. The van der Waals surface area contributed by atoms with Crippen LogP contribution in [0.1, 0.15) is 19.2 Å². The third kappa shape index (κ3) is 4.99. The van der Waals surface area contributed by atoms with Crippen LogP contribution in [0.5, 0.6) is 0 Å². The predicted molar refractivity (Wildman–Crippen MR) is 62.1 cm³/mol. The molecule has 0 spiro atoms. The van der Waals surface area contributed by atoms with Crippen molar-refractivity contribution < 1.29 is 4.42 Å². The fourth-order valence-electron chi connectivity index (χ4n) is 0.994. The summed E-state index contributed by atoms with van der Waals surface area (Å²) in [6.07, 6.45) is 1.14. The van der Waals surface area contributed by atoms with E-state index < -0.39 is 0 Å². The van der Waals surface area contributed by atoms with Gasteiger partial charge in [-0.15, -0.1) is 10.2 Å². The van der Waals surface area contributed by atoms with Crippen LogP contribution in [0.2, 0.25) is 0 Å². The van der Waals surface area contributed by atoms with Crippen LogP contribution < -0.4 is 5.32 Å². The van der Waals surface area contributed by atoms with Crippen molar-refractivity contribution in [3.63, 3.8) is 0 Å². The fourth-order valence-corrected chi connectivity index (χ4v) is 1.70. The van der Waals surface area contributed by atoms with Gasteiger partial charge in [0.25, 0.3) is 5.22 Å². The first-order chi connectivity index (χ1) is 7.22. The maximum Gasteiger partial charge on any atom is 0.276 e. The Hall–Kier alpha value is -0.810. The van der Waals surface area contributed by atoms with E-state index in [1.807, 2.05) is 0 Å². The molecule has 1 rings (SSSR count). The summed E-state index contributed by atoms with van der Waals surface area (Å²) in [5, 5.41) is 11.6. The molecule has 0 aliphatic heterocycles. The van der Waals surface area contributed by atoms with Crippen molar-refractivity contribution in [2.24, 2.45) is 0 Å². The van der Waals surface area contributed by atoms with Crippen molar-refractivity contribution in [1.29, 1.82) is 0 Å². The molecular formula is C10H17N3OS. The van der Waals surface area contributed by atoms with E-state index in [4.69, 9.17) is 4.42 Å². The Labute approximate surface area is 94.5 Å². The number of aryl methyl sites for hydroxylation is 1. The molecule has 15 heavy (non-hydrogen) atoms.